The second kappa shape index (κ2) is 10.9. The summed E-state index contributed by atoms with van der Waals surface area (Å²) < 4.78 is 11.6. The molecule has 0 atom stereocenters. The summed E-state index contributed by atoms with van der Waals surface area (Å²) in [6, 6.07) is 11.0. The first-order valence-corrected chi connectivity index (χ1v) is 11.6. The minimum atomic E-state index is -0.448. The third kappa shape index (κ3) is 5.65. The average molecular weight is 520 g/mol. The first kappa shape index (κ1) is 26.0. The molecule has 4 aromatic rings. The summed E-state index contributed by atoms with van der Waals surface area (Å²) in [5.74, 6) is -1.46. The molecule has 0 radical (unpaired) electrons. The Balaban J connectivity index is 1.39. The van der Waals surface area contributed by atoms with Crippen LogP contribution in [0.2, 0.25) is 0 Å². The molecule has 0 aliphatic rings. The van der Waals surface area contributed by atoms with E-state index in [0.29, 0.717) is 24.1 Å². The van der Waals surface area contributed by atoms with E-state index in [2.05, 4.69) is 5.32 Å². The number of phenolic OH excluding ortho intramolecular Hbond substituents is 5. The van der Waals surface area contributed by atoms with Gasteiger partial charge in [-0.3, -0.25) is 9.59 Å². The molecule has 38 heavy (non-hydrogen) atoms. The van der Waals surface area contributed by atoms with E-state index in [1.165, 1.54) is 61.5 Å². The molecule has 4 rings (SSSR count). The van der Waals surface area contributed by atoms with Crippen molar-refractivity contribution in [2.75, 3.05) is 13.2 Å². The van der Waals surface area contributed by atoms with Gasteiger partial charge in [0.25, 0.3) is 0 Å². The van der Waals surface area contributed by atoms with E-state index in [1.54, 1.807) is 6.07 Å². The summed E-state index contributed by atoms with van der Waals surface area (Å²) in [5.41, 5.74) is 0.767. The first-order chi connectivity index (χ1) is 18.1. The molecule has 0 saturated carbocycles. The van der Waals surface area contributed by atoms with Crippen LogP contribution < -0.4 is 15.5 Å². The summed E-state index contributed by atoms with van der Waals surface area (Å²) in [7, 11) is 0. The van der Waals surface area contributed by atoms with Crippen molar-refractivity contribution >= 4 is 23.0 Å². The molecule has 10 heteroatoms. The number of amides is 1. The highest BCUT2D eigenvalue weighted by Gasteiger charge is 2.18. The summed E-state index contributed by atoms with van der Waals surface area (Å²) >= 11 is 0. The average Bonchev–Trinajstić information content (AvgIpc) is 2.88. The summed E-state index contributed by atoms with van der Waals surface area (Å²) in [5, 5.41) is 51.3. The van der Waals surface area contributed by atoms with Crippen LogP contribution in [-0.4, -0.2) is 44.6 Å². The molecule has 196 valence electrons. The maximum Gasteiger partial charge on any atom is 0.244 e. The topological polar surface area (TPSA) is 170 Å². The molecule has 0 fully saturated rings. The summed E-state index contributed by atoms with van der Waals surface area (Å²) in [6.07, 6.45) is 3.23. The van der Waals surface area contributed by atoms with E-state index in [-0.39, 0.29) is 69.3 Å². The second-order valence-electron chi connectivity index (χ2n) is 8.48. The van der Waals surface area contributed by atoms with Crippen molar-refractivity contribution in [2.45, 2.75) is 13.3 Å². The predicted molar refractivity (Wildman–Crippen MR) is 140 cm³/mol. The molecule has 1 amide bonds. The van der Waals surface area contributed by atoms with Gasteiger partial charge in [-0.05, 0) is 55.3 Å². The molecular formula is C28H25NO9. The van der Waals surface area contributed by atoms with E-state index in [0.717, 1.165) is 0 Å². The van der Waals surface area contributed by atoms with Crippen molar-refractivity contribution in [1.82, 2.24) is 5.32 Å². The van der Waals surface area contributed by atoms with Gasteiger partial charge in [-0.2, -0.15) is 0 Å². The molecule has 0 unspecified atom stereocenters. The number of carbonyl (C=O) groups is 1. The van der Waals surface area contributed by atoms with Crippen LogP contribution in [0.15, 0.2) is 63.8 Å². The van der Waals surface area contributed by atoms with Crippen LogP contribution in [0.5, 0.6) is 34.5 Å². The van der Waals surface area contributed by atoms with Gasteiger partial charge in [0, 0.05) is 35.9 Å². The highest BCUT2D eigenvalue weighted by atomic mass is 16.5. The van der Waals surface area contributed by atoms with Gasteiger partial charge >= 0.3 is 0 Å². The number of fused-ring (bicyclic) bond motifs is 1. The maximum absolute atomic E-state index is 12.9. The minimum absolute atomic E-state index is 0.0115. The van der Waals surface area contributed by atoms with Crippen molar-refractivity contribution in [1.29, 1.82) is 0 Å². The van der Waals surface area contributed by atoms with Crippen LogP contribution in [-0.2, 0) is 4.79 Å². The zero-order chi connectivity index (χ0) is 27.4. The Morgan fingerprint density at radius 1 is 0.921 bits per heavy atom. The van der Waals surface area contributed by atoms with Gasteiger partial charge in [0.05, 0.1) is 6.61 Å². The quantitative estimate of drug-likeness (QED) is 0.115. The van der Waals surface area contributed by atoms with Crippen LogP contribution >= 0.6 is 0 Å². The smallest absolute Gasteiger partial charge is 0.244 e. The second-order valence-corrected chi connectivity index (χ2v) is 8.48. The fourth-order valence-electron chi connectivity index (χ4n) is 3.73. The van der Waals surface area contributed by atoms with Gasteiger partial charge in [-0.1, -0.05) is 6.07 Å². The lowest BCUT2D eigenvalue weighted by Crippen LogP contribution is -2.23. The van der Waals surface area contributed by atoms with Gasteiger partial charge in [-0.25, -0.2) is 0 Å². The molecule has 0 aliphatic heterocycles. The third-order valence-corrected chi connectivity index (χ3v) is 5.73. The number of carbonyl (C=O) groups excluding carboxylic acids is 1. The number of hydrogen-bond acceptors (Lipinski definition) is 9. The summed E-state index contributed by atoms with van der Waals surface area (Å²) in [4.78, 5) is 24.9. The number of aromatic hydroxyl groups is 5. The van der Waals surface area contributed by atoms with Crippen molar-refractivity contribution in [3.8, 4) is 45.8 Å². The minimum Gasteiger partial charge on any atom is -0.507 e. The molecular weight excluding hydrogens is 494 g/mol. The van der Waals surface area contributed by atoms with Crippen molar-refractivity contribution in [3.63, 3.8) is 0 Å². The van der Waals surface area contributed by atoms with Crippen LogP contribution in [0.1, 0.15) is 17.5 Å². The molecule has 10 nitrogen and oxygen atoms in total. The van der Waals surface area contributed by atoms with Crippen LogP contribution in [0, 0.1) is 6.92 Å². The molecule has 3 aromatic carbocycles. The highest BCUT2D eigenvalue weighted by molar-refractivity contribution is 5.91. The van der Waals surface area contributed by atoms with E-state index in [4.69, 9.17) is 9.15 Å². The lowest BCUT2D eigenvalue weighted by atomic mass is 10.0. The Kier molecular flexibility index (Phi) is 7.43. The fourth-order valence-corrected chi connectivity index (χ4v) is 3.73. The number of nitrogens with one attached hydrogen (secondary N) is 1. The number of rotatable bonds is 8. The Morgan fingerprint density at radius 3 is 2.34 bits per heavy atom. The van der Waals surface area contributed by atoms with Gasteiger partial charge in [-0.15, -0.1) is 0 Å². The molecule has 0 bridgehead atoms. The Bertz CT molecular complexity index is 1600. The molecule has 1 aromatic heterocycles. The van der Waals surface area contributed by atoms with E-state index >= 15 is 0 Å². The standard InChI is InChI=1S/C28H25NO9/c1-15-27(36)26-23(34)13-18(14-24(26)38-28(15)17-5-7-20(31)22(33)12-17)37-10-2-9-29-25(35)8-4-16-3-6-19(30)21(32)11-16/h3-8,11-14,30-34H,2,9-10H2,1H3,(H,29,35)/b8-4+. The van der Waals surface area contributed by atoms with Crippen molar-refractivity contribution in [3.05, 3.63) is 76.0 Å². The molecule has 6 N–H and O–H groups in total. The molecule has 1 heterocycles. The van der Waals surface area contributed by atoms with Gasteiger partial charge in [0.15, 0.2) is 28.4 Å². The predicted octanol–water partition coefficient (Wildman–Crippen LogP) is 3.89. The molecule has 0 aliphatic carbocycles. The van der Waals surface area contributed by atoms with Crippen molar-refractivity contribution in [2.24, 2.45) is 0 Å². The van der Waals surface area contributed by atoms with E-state index in [9.17, 15) is 35.1 Å². The zero-order valence-corrected chi connectivity index (χ0v) is 20.3. The monoisotopic (exact) mass is 519 g/mol. The zero-order valence-electron chi connectivity index (χ0n) is 20.3. The normalized spacial score (nSPS) is 11.2. The number of ether oxygens (including phenoxy) is 1. The number of phenols is 5. The largest absolute Gasteiger partial charge is 0.507 e. The van der Waals surface area contributed by atoms with Crippen LogP contribution in [0.3, 0.4) is 0 Å². The summed E-state index contributed by atoms with van der Waals surface area (Å²) in [6.45, 7) is 2.02. The SMILES string of the molecule is Cc1c(-c2ccc(O)c(O)c2)oc2cc(OCCCNC(=O)/C=C/c3ccc(O)c(O)c3)cc(O)c2c1=O. The molecule has 0 saturated heterocycles. The number of hydrogen-bond donors (Lipinski definition) is 6. The van der Waals surface area contributed by atoms with Gasteiger partial charge < -0.3 is 40.0 Å². The van der Waals surface area contributed by atoms with E-state index < -0.39 is 5.43 Å². The Labute approximate surface area is 216 Å². The van der Waals surface area contributed by atoms with Crippen LogP contribution in [0.4, 0.5) is 0 Å². The van der Waals surface area contributed by atoms with Gasteiger partial charge in [0.1, 0.15) is 28.2 Å². The lowest BCUT2D eigenvalue weighted by Gasteiger charge is -2.11. The fraction of sp³-hybridized carbons (Fsp3) is 0.143. The van der Waals surface area contributed by atoms with Gasteiger partial charge in [0.2, 0.25) is 5.91 Å². The Morgan fingerprint density at radius 2 is 1.63 bits per heavy atom. The van der Waals surface area contributed by atoms with E-state index in [1.807, 2.05) is 0 Å². The molecule has 0 spiro atoms. The van der Waals surface area contributed by atoms with Crippen molar-refractivity contribution < 1.29 is 39.5 Å². The van der Waals surface area contributed by atoms with Crippen LogP contribution in [0.25, 0.3) is 28.4 Å². The first-order valence-electron chi connectivity index (χ1n) is 11.6. The lowest BCUT2D eigenvalue weighted by molar-refractivity contribution is -0.116. The maximum atomic E-state index is 12.9. The third-order valence-electron chi connectivity index (χ3n) is 5.73. The highest BCUT2D eigenvalue weighted by Crippen LogP contribution is 2.35. The number of benzene rings is 3. The Hall–Kier alpha value is -5.12.